The van der Waals surface area contributed by atoms with Crippen molar-refractivity contribution < 1.29 is 14.1 Å². The normalized spacial score (nSPS) is 11.4. The van der Waals surface area contributed by atoms with Gasteiger partial charge in [0.2, 0.25) is 6.73 Å². The Morgan fingerprint density at radius 1 is 1.20 bits per heavy atom. The van der Waals surface area contributed by atoms with Crippen LogP contribution in [0.5, 0.6) is 0 Å². The van der Waals surface area contributed by atoms with Gasteiger partial charge in [-0.15, -0.1) is 0 Å². The van der Waals surface area contributed by atoms with E-state index >= 15 is 0 Å². The summed E-state index contributed by atoms with van der Waals surface area (Å²) >= 11 is 0. The van der Waals surface area contributed by atoms with Gasteiger partial charge in [0.15, 0.2) is 0 Å². The third kappa shape index (κ3) is 4.65. The fourth-order valence-electron chi connectivity index (χ4n) is 1.84. The van der Waals surface area contributed by atoms with Crippen molar-refractivity contribution in [3.05, 3.63) is 73.2 Å². The van der Waals surface area contributed by atoms with Gasteiger partial charge in [0.25, 0.3) is 0 Å². The van der Waals surface area contributed by atoms with E-state index in [1.165, 1.54) is 12.3 Å². The third-order valence-electron chi connectivity index (χ3n) is 2.77. The summed E-state index contributed by atoms with van der Waals surface area (Å²) in [6.07, 6.45) is 3.90. The zero-order chi connectivity index (χ0) is 14.2. The lowest BCUT2D eigenvalue weighted by atomic mass is 10.1. The predicted molar refractivity (Wildman–Crippen MR) is 75.6 cm³/mol. The second-order valence-electron chi connectivity index (χ2n) is 4.57. The van der Waals surface area contributed by atoms with Crippen LogP contribution in [0.1, 0.15) is 12.5 Å². The van der Waals surface area contributed by atoms with Gasteiger partial charge in [-0.3, -0.25) is 0 Å². The van der Waals surface area contributed by atoms with E-state index in [9.17, 15) is 4.79 Å². The molecule has 1 atom stereocenters. The Morgan fingerprint density at radius 3 is 2.55 bits per heavy atom. The summed E-state index contributed by atoms with van der Waals surface area (Å²) in [6, 6.07) is 15.6. The van der Waals surface area contributed by atoms with E-state index < -0.39 is 6.09 Å². The molecule has 1 aromatic carbocycles. The number of rotatable bonds is 5. The Hall–Kier alpha value is -2.49. The summed E-state index contributed by atoms with van der Waals surface area (Å²) in [5.41, 5.74) is 1.18. The number of nitrogens with zero attached hydrogens (tertiary/aromatic N) is 1. The molecule has 1 aromatic heterocycles. The van der Waals surface area contributed by atoms with E-state index in [-0.39, 0.29) is 6.04 Å². The largest absolute Gasteiger partial charge is 0.423 e. The molecule has 0 saturated carbocycles. The molecular formula is C16H18N2O2. The summed E-state index contributed by atoms with van der Waals surface area (Å²) in [5, 5.41) is 2.79. The summed E-state index contributed by atoms with van der Waals surface area (Å²) in [5.74, 6) is 0. The molecule has 2 rings (SSSR count). The molecule has 0 aliphatic heterocycles. The van der Waals surface area contributed by atoms with Gasteiger partial charge < -0.3 is 14.6 Å². The van der Waals surface area contributed by atoms with Crippen LogP contribution in [-0.2, 0) is 11.2 Å². The number of ether oxygens (including phenoxy) is 1. The Kier molecular flexibility index (Phi) is 5.00. The number of carbonyl (C=O) groups excluding carboxylic acids is 1. The van der Waals surface area contributed by atoms with Gasteiger partial charge in [0.05, 0.1) is 12.4 Å². The molecular weight excluding hydrogens is 252 g/mol. The van der Waals surface area contributed by atoms with E-state index in [0.717, 1.165) is 6.42 Å². The van der Waals surface area contributed by atoms with Crippen LogP contribution in [0.3, 0.4) is 0 Å². The zero-order valence-electron chi connectivity index (χ0n) is 11.4. The first-order chi connectivity index (χ1) is 9.74. The number of carbonyl (C=O) groups is 1. The molecule has 2 aromatic rings. The van der Waals surface area contributed by atoms with Crippen molar-refractivity contribution in [2.24, 2.45) is 0 Å². The topological polar surface area (TPSA) is 42.2 Å². The maximum atomic E-state index is 11.6. The van der Waals surface area contributed by atoms with Gasteiger partial charge in [-0.2, -0.15) is 0 Å². The van der Waals surface area contributed by atoms with Crippen molar-refractivity contribution in [2.45, 2.75) is 19.4 Å². The standard InChI is InChI=1S/C16H18N2O2/c1-14(12-15-8-4-2-5-9-15)17-16(19)20-13-18-10-6-3-7-11-18/h2-11,13-14H,12H2,1H3,(H,17,19). The number of aromatic nitrogens is 1. The highest BCUT2D eigenvalue weighted by Gasteiger charge is 2.09. The van der Waals surface area contributed by atoms with E-state index in [0.29, 0.717) is 0 Å². The summed E-state index contributed by atoms with van der Waals surface area (Å²) in [4.78, 5) is 11.6. The summed E-state index contributed by atoms with van der Waals surface area (Å²) in [6.45, 7) is 3.31. The molecule has 1 N–H and O–H groups in total. The van der Waals surface area contributed by atoms with Gasteiger partial charge in [-0.05, 0) is 18.9 Å². The fraction of sp³-hybridized carbons (Fsp3) is 0.188. The summed E-state index contributed by atoms with van der Waals surface area (Å²) < 4.78 is 6.69. The highest BCUT2D eigenvalue weighted by Crippen LogP contribution is 2.02. The van der Waals surface area contributed by atoms with Crippen LogP contribution in [0.4, 0.5) is 4.79 Å². The zero-order valence-corrected chi connectivity index (χ0v) is 11.4. The number of amides is 1. The molecule has 1 heterocycles. The Labute approximate surface area is 119 Å². The van der Waals surface area contributed by atoms with Gasteiger partial charge in [-0.1, -0.05) is 48.5 Å². The smallest absolute Gasteiger partial charge is 0.404 e. The molecule has 20 heavy (non-hydrogen) atoms. The van der Waals surface area contributed by atoms with Gasteiger partial charge in [0, 0.05) is 6.04 Å². The lowest BCUT2D eigenvalue weighted by Gasteiger charge is -2.14. The van der Waals surface area contributed by atoms with Gasteiger partial charge >= 0.3 is 6.09 Å². The molecule has 0 fully saturated rings. The van der Waals surface area contributed by atoms with E-state index in [1.54, 1.807) is 17.0 Å². The van der Waals surface area contributed by atoms with Crippen LogP contribution in [-0.4, -0.2) is 12.1 Å². The molecule has 4 heteroatoms. The molecule has 0 aliphatic carbocycles. The first-order valence-electron chi connectivity index (χ1n) is 6.54. The highest BCUT2D eigenvalue weighted by atomic mass is 16.6. The molecule has 0 spiro atoms. The maximum absolute atomic E-state index is 11.6. The summed E-state index contributed by atoms with van der Waals surface area (Å²) in [7, 11) is 0. The molecule has 0 radical (unpaired) electrons. The van der Waals surface area contributed by atoms with Crippen molar-refractivity contribution in [2.75, 3.05) is 0 Å². The minimum Gasteiger partial charge on any atom is -0.423 e. The van der Waals surface area contributed by atoms with Crippen LogP contribution in [0.2, 0.25) is 0 Å². The number of benzene rings is 1. The average Bonchev–Trinajstić information content (AvgIpc) is 2.47. The van der Waals surface area contributed by atoms with E-state index in [2.05, 4.69) is 5.32 Å². The quantitative estimate of drug-likeness (QED) is 0.669. The Balaban J connectivity index is 1.74. The monoisotopic (exact) mass is 270 g/mol. The van der Waals surface area contributed by atoms with Gasteiger partial charge in [-0.25, -0.2) is 4.79 Å². The number of nitrogens with one attached hydrogen (secondary N) is 1. The highest BCUT2D eigenvalue weighted by molar-refractivity contribution is 5.67. The Bertz CT molecular complexity index is 529. The first-order valence-corrected chi connectivity index (χ1v) is 6.54. The number of hydrogen-bond acceptors (Lipinski definition) is 2. The van der Waals surface area contributed by atoms with Crippen molar-refractivity contribution in [3.63, 3.8) is 0 Å². The van der Waals surface area contributed by atoms with Crippen LogP contribution < -0.4 is 9.88 Å². The number of pyridine rings is 1. The molecule has 1 amide bonds. The van der Waals surface area contributed by atoms with Crippen LogP contribution >= 0.6 is 0 Å². The van der Waals surface area contributed by atoms with Crippen molar-refractivity contribution in [1.82, 2.24) is 5.32 Å². The minimum absolute atomic E-state index is 0.0130. The van der Waals surface area contributed by atoms with Crippen LogP contribution in [0.25, 0.3) is 0 Å². The molecule has 0 saturated heterocycles. The molecule has 1 unspecified atom stereocenters. The average molecular weight is 270 g/mol. The van der Waals surface area contributed by atoms with Crippen molar-refractivity contribution in [1.29, 1.82) is 0 Å². The SMILES string of the molecule is CC(Cc1ccccc1)NC(=O)O[CH-][n+]1ccccc1. The molecule has 4 nitrogen and oxygen atoms in total. The predicted octanol–water partition coefficient (Wildman–Crippen LogP) is 2.30. The van der Waals surface area contributed by atoms with E-state index in [4.69, 9.17) is 4.74 Å². The first kappa shape index (κ1) is 13.9. The van der Waals surface area contributed by atoms with Crippen molar-refractivity contribution >= 4 is 6.09 Å². The van der Waals surface area contributed by atoms with Crippen LogP contribution in [0, 0.1) is 6.73 Å². The molecule has 0 aliphatic rings. The molecule has 0 bridgehead atoms. The minimum atomic E-state index is -0.454. The lowest BCUT2D eigenvalue weighted by Crippen LogP contribution is -2.39. The number of hydrogen-bond donors (Lipinski definition) is 1. The maximum Gasteiger partial charge on any atom is 0.404 e. The number of alkyl carbamates (subject to hydrolysis) is 1. The van der Waals surface area contributed by atoms with E-state index in [1.807, 2.05) is 55.5 Å². The third-order valence-corrected chi connectivity index (χ3v) is 2.77. The lowest BCUT2D eigenvalue weighted by molar-refractivity contribution is -0.656. The fourth-order valence-corrected chi connectivity index (χ4v) is 1.84. The Morgan fingerprint density at radius 2 is 1.85 bits per heavy atom. The van der Waals surface area contributed by atoms with Gasteiger partial charge in [0.1, 0.15) is 0 Å². The second-order valence-corrected chi connectivity index (χ2v) is 4.57. The van der Waals surface area contributed by atoms with Crippen LogP contribution in [0.15, 0.2) is 60.9 Å². The second kappa shape index (κ2) is 7.19. The van der Waals surface area contributed by atoms with Crippen molar-refractivity contribution in [3.8, 4) is 0 Å². The molecule has 104 valence electrons.